The Morgan fingerprint density at radius 3 is 2.33 bits per heavy atom. The van der Waals surface area contributed by atoms with Gasteiger partial charge in [-0.1, -0.05) is 0 Å². The maximum atomic E-state index is 12.0. The Morgan fingerprint density at radius 1 is 1.28 bits per heavy atom. The van der Waals surface area contributed by atoms with Crippen molar-refractivity contribution in [1.29, 1.82) is 0 Å². The van der Waals surface area contributed by atoms with Crippen molar-refractivity contribution in [2.24, 2.45) is 0 Å². The van der Waals surface area contributed by atoms with Gasteiger partial charge in [0, 0.05) is 13.1 Å². The van der Waals surface area contributed by atoms with Crippen LogP contribution in [0, 0.1) is 0 Å². The number of hydrogen-bond acceptors (Lipinski definition) is 4. The quantitative estimate of drug-likeness (QED) is 0.685. The Labute approximate surface area is 105 Å². The summed E-state index contributed by atoms with van der Waals surface area (Å²) in [6.45, 7) is 1.43. The smallest absolute Gasteiger partial charge is 0.325 e. The molecule has 0 unspecified atom stereocenters. The first-order valence-corrected chi connectivity index (χ1v) is 5.84. The second-order valence-corrected chi connectivity index (χ2v) is 4.20. The molecule has 102 valence electrons. The number of amides is 2. The highest BCUT2D eigenvalue weighted by atomic mass is 16.5. The van der Waals surface area contributed by atoms with Gasteiger partial charge in [0.15, 0.2) is 0 Å². The summed E-state index contributed by atoms with van der Waals surface area (Å²) in [5, 5.41) is 8.75. The maximum absolute atomic E-state index is 12.0. The van der Waals surface area contributed by atoms with Crippen molar-refractivity contribution in [3.05, 3.63) is 0 Å². The molecule has 1 N–H and O–H groups in total. The average Bonchev–Trinajstić information content (AvgIpc) is 3.08. The van der Waals surface area contributed by atoms with Crippen LogP contribution in [0.25, 0.3) is 0 Å². The molecule has 0 aromatic heterocycles. The molecule has 1 aliphatic rings. The summed E-state index contributed by atoms with van der Waals surface area (Å²) in [4.78, 5) is 36.4. The molecule has 0 atom stereocenters. The molecule has 1 saturated carbocycles. The zero-order valence-corrected chi connectivity index (χ0v) is 10.6. The minimum Gasteiger partial charge on any atom is -0.480 e. The van der Waals surface area contributed by atoms with E-state index in [1.165, 1.54) is 16.8 Å². The van der Waals surface area contributed by atoms with Gasteiger partial charge in [0.1, 0.15) is 13.1 Å². The van der Waals surface area contributed by atoms with E-state index in [2.05, 4.69) is 0 Å². The van der Waals surface area contributed by atoms with Crippen LogP contribution in [0.4, 0.5) is 4.79 Å². The van der Waals surface area contributed by atoms with Crippen LogP contribution >= 0.6 is 0 Å². The van der Waals surface area contributed by atoms with Crippen LogP contribution in [-0.4, -0.2) is 65.7 Å². The van der Waals surface area contributed by atoms with Crippen molar-refractivity contribution in [1.82, 2.24) is 9.80 Å². The van der Waals surface area contributed by atoms with E-state index < -0.39 is 18.0 Å². The number of rotatable bonds is 6. The number of nitrogens with zero attached hydrogens (tertiary/aromatic N) is 2. The van der Waals surface area contributed by atoms with Gasteiger partial charge >= 0.3 is 18.0 Å². The molecule has 0 heterocycles. The highest BCUT2D eigenvalue weighted by molar-refractivity contribution is 5.84. The van der Waals surface area contributed by atoms with E-state index in [9.17, 15) is 14.4 Å². The van der Waals surface area contributed by atoms with Crippen molar-refractivity contribution in [2.75, 3.05) is 26.7 Å². The fourth-order valence-corrected chi connectivity index (χ4v) is 1.57. The minimum absolute atomic E-state index is 0.0155. The molecule has 0 bridgehead atoms. The highest BCUT2D eigenvalue weighted by Gasteiger charge is 2.35. The van der Waals surface area contributed by atoms with Gasteiger partial charge in [0.2, 0.25) is 0 Å². The average molecular weight is 258 g/mol. The van der Waals surface area contributed by atoms with Gasteiger partial charge in [0.05, 0.1) is 6.61 Å². The minimum atomic E-state index is -1.06. The number of aliphatic carboxylic acids is 1. The van der Waals surface area contributed by atoms with E-state index in [0.717, 1.165) is 12.8 Å². The topological polar surface area (TPSA) is 87.2 Å². The van der Waals surface area contributed by atoms with Crippen molar-refractivity contribution in [2.45, 2.75) is 25.8 Å². The fourth-order valence-electron chi connectivity index (χ4n) is 1.57. The lowest BCUT2D eigenvalue weighted by atomic mass is 10.4. The van der Waals surface area contributed by atoms with E-state index in [-0.39, 0.29) is 25.7 Å². The van der Waals surface area contributed by atoms with Crippen molar-refractivity contribution >= 4 is 18.0 Å². The third-order valence-electron chi connectivity index (χ3n) is 2.54. The summed E-state index contributed by atoms with van der Waals surface area (Å²) in [6.07, 6.45) is 1.62. The van der Waals surface area contributed by atoms with Crippen LogP contribution in [0.2, 0.25) is 0 Å². The standard InChI is InChI=1S/C11H18N2O5/c1-3-18-10(16)7-12(2)11(17)13(6-9(14)15)8-4-5-8/h8H,3-7H2,1-2H3,(H,14,15). The maximum Gasteiger partial charge on any atom is 0.325 e. The molecule has 7 heteroatoms. The summed E-state index contributed by atoms with van der Waals surface area (Å²) in [5.74, 6) is -1.56. The first kappa shape index (κ1) is 14.3. The van der Waals surface area contributed by atoms with E-state index in [0.29, 0.717) is 0 Å². The van der Waals surface area contributed by atoms with Crippen LogP contribution in [0.1, 0.15) is 19.8 Å². The number of likely N-dealkylation sites (N-methyl/N-ethyl adjacent to an activating group) is 1. The van der Waals surface area contributed by atoms with Gasteiger partial charge in [-0.15, -0.1) is 0 Å². The van der Waals surface area contributed by atoms with Crippen LogP contribution in [0.3, 0.4) is 0 Å². The molecule has 0 spiro atoms. The predicted molar refractivity (Wildman–Crippen MR) is 62.0 cm³/mol. The zero-order valence-electron chi connectivity index (χ0n) is 10.6. The Kier molecular flexibility index (Phi) is 4.94. The number of carboxylic acid groups (broad SMARTS) is 1. The van der Waals surface area contributed by atoms with Crippen LogP contribution in [-0.2, 0) is 14.3 Å². The number of esters is 1. The zero-order chi connectivity index (χ0) is 13.7. The number of carboxylic acids is 1. The molecule has 7 nitrogen and oxygen atoms in total. The van der Waals surface area contributed by atoms with E-state index in [1.54, 1.807) is 6.92 Å². The first-order chi connectivity index (χ1) is 8.45. The summed E-state index contributed by atoms with van der Waals surface area (Å²) in [6, 6.07) is -0.466. The van der Waals surface area contributed by atoms with E-state index in [4.69, 9.17) is 9.84 Å². The highest BCUT2D eigenvalue weighted by Crippen LogP contribution is 2.27. The number of carbonyl (C=O) groups is 3. The molecule has 0 aliphatic heterocycles. The lowest BCUT2D eigenvalue weighted by Gasteiger charge is -2.26. The molecule has 0 radical (unpaired) electrons. The largest absolute Gasteiger partial charge is 0.480 e. The predicted octanol–water partition coefficient (Wildman–Crippen LogP) is 0.150. The summed E-state index contributed by atoms with van der Waals surface area (Å²) in [7, 11) is 1.45. The van der Waals surface area contributed by atoms with Crippen molar-refractivity contribution < 1.29 is 24.2 Å². The van der Waals surface area contributed by atoms with E-state index >= 15 is 0 Å². The van der Waals surface area contributed by atoms with Crippen molar-refractivity contribution in [3.63, 3.8) is 0 Å². The lowest BCUT2D eigenvalue weighted by Crippen LogP contribution is -2.46. The summed E-state index contributed by atoms with van der Waals surface area (Å²) in [5.41, 5.74) is 0. The first-order valence-electron chi connectivity index (χ1n) is 5.84. The number of ether oxygens (including phenoxy) is 1. The second kappa shape index (κ2) is 6.23. The fraction of sp³-hybridized carbons (Fsp3) is 0.727. The number of carbonyl (C=O) groups excluding carboxylic acids is 2. The number of hydrogen-bond donors (Lipinski definition) is 1. The third-order valence-corrected chi connectivity index (χ3v) is 2.54. The molecule has 0 aromatic carbocycles. The Morgan fingerprint density at radius 2 is 1.89 bits per heavy atom. The molecule has 18 heavy (non-hydrogen) atoms. The number of urea groups is 1. The molecular formula is C11H18N2O5. The van der Waals surface area contributed by atoms with E-state index in [1.807, 2.05) is 0 Å². The summed E-state index contributed by atoms with van der Waals surface area (Å²) < 4.78 is 4.73. The molecule has 1 aliphatic carbocycles. The van der Waals surface area contributed by atoms with Gasteiger partial charge in [-0.05, 0) is 19.8 Å². The Bertz CT molecular complexity index is 340. The lowest BCUT2D eigenvalue weighted by molar-refractivity contribution is -0.143. The van der Waals surface area contributed by atoms with Gasteiger partial charge in [-0.3, -0.25) is 9.59 Å². The van der Waals surface area contributed by atoms with Crippen LogP contribution in [0.5, 0.6) is 0 Å². The van der Waals surface area contributed by atoms with Crippen molar-refractivity contribution in [3.8, 4) is 0 Å². The van der Waals surface area contributed by atoms with Gasteiger partial charge in [-0.2, -0.15) is 0 Å². The Hall–Kier alpha value is -1.79. The van der Waals surface area contributed by atoms with Gasteiger partial charge < -0.3 is 19.6 Å². The molecule has 0 saturated heterocycles. The van der Waals surface area contributed by atoms with Crippen LogP contribution < -0.4 is 0 Å². The second-order valence-electron chi connectivity index (χ2n) is 4.20. The third kappa shape index (κ3) is 4.23. The summed E-state index contributed by atoms with van der Waals surface area (Å²) >= 11 is 0. The molecular weight excluding hydrogens is 240 g/mol. The van der Waals surface area contributed by atoms with Crippen LogP contribution in [0.15, 0.2) is 0 Å². The molecule has 1 fully saturated rings. The Balaban J connectivity index is 2.53. The van der Waals surface area contributed by atoms with Gasteiger partial charge in [0.25, 0.3) is 0 Å². The molecule has 2 amide bonds. The normalized spacial score (nSPS) is 13.9. The SMILES string of the molecule is CCOC(=O)CN(C)C(=O)N(CC(=O)O)C1CC1. The van der Waals surface area contributed by atoms with Gasteiger partial charge in [-0.25, -0.2) is 4.79 Å². The molecule has 1 rings (SSSR count). The molecule has 0 aromatic rings. The monoisotopic (exact) mass is 258 g/mol.